The highest BCUT2D eigenvalue weighted by molar-refractivity contribution is 5.97. The summed E-state index contributed by atoms with van der Waals surface area (Å²) in [7, 11) is 0. The van der Waals surface area contributed by atoms with E-state index >= 15 is 0 Å². The monoisotopic (exact) mass is 715 g/mol. The van der Waals surface area contributed by atoms with Gasteiger partial charge in [0.05, 0.1) is 6.42 Å². The Morgan fingerprint density at radius 3 is 1.80 bits per heavy atom. The number of aliphatic carboxylic acids is 1. The van der Waals surface area contributed by atoms with Crippen molar-refractivity contribution in [3.8, 4) is 0 Å². The molecular formula is C35H53N7O9. The summed E-state index contributed by atoms with van der Waals surface area (Å²) in [6, 6.07) is 2.48. The molecule has 51 heavy (non-hydrogen) atoms. The molecule has 1 fully saturated rings. The minimum Gasteiger partial charge on any atom is -0.481 e. The quantitative estimate of drug-likeness (QED) is 0.0844. The van der Waals surface area contributed by atoms with E-state index in [0.29, 0.717) is 0 Å². The van der Waals surface area contributed by atoms with E-state index in [2.05, 4.69) is 26.6 Å². The molecule has 5 atom stereocenters. The topological polar surface area (TPSA) is 269 Å². The summed E-state index contributed by atoms with van der Waals surface area (Å²) in [5, 5.41) is 22.3. The molecule has 2 rings (SSSR count). The van der Waals surface area contributed by atoms with Gasteiger partial charge in [-0.05, 0) is 36.7 Å². The number of amides is 7. The lowest BCUT2D eigenvalue weighted by Gasteiger charge is -2.29. The van der Waals surface area contributed by atoms with Gasteiger partial charge in [-0.15, -0.1) is 0 Å². The molecule has 1 aromatic rings. The molecule has 0 unspecified atom stereocenters. The fourth-order valence-corrected chi connectivity index (χ4v) is 6.04. The van der Waals surface area contributed by atoms with Crippen LogP contribution in [0.4, 0.5) is 0 Å². The van der Waals surface area contributed by atoms with Crippen molar-refractivity contribution < 1.29 is 43.5 Å². The number of rotatable bonds is 21. The Bertz CT molecular complexity index is 1380. The van der Waals surface area contributed by atoms with E-state index in [-0.39, 0.29) is 43.9 Å². The van der Waals surface area contributed by atoms with Gasteiger partial charge in [0.15, 0.2) is 0 Å². The van der Waals surface area contributed by atoms with Gasteiger partial charge in [-0.1, -0.05) is 76.3 Å². The normalized spacial score (nSPS) is 16.0. The molecule has 16 nitrogen and oxygen atoms in total. The number of hydrogen-bond donors (Lipinski definition) is 8. The number of hydrogen-bond acceptors (Lipinski definition) is 8. The lowest BCUT2D eigenvalue weighted by molar-refractivity contribution is -0.141. The molecule has 282 valence electrons. The van der Waals surface area contributed by atoms with Crippen LogP contribution in [-0.2, 0) is 44.8 Å². The Morgan fingerprint density at radius 2 is 1.25 bits per heavy atom. The van der Waals surface area contributed by atoms with Crippen LogP contribution in [0.1, 0.15) is 90.5 Å². The molecule has 1 saturated carbocycles. The molecule has 10 N–H and O–H groups in total. The minimum atomic E-state index is -1.65. The standard InChI is InChI=1S/C35H53N7O9/c1-20(2)16-26(33(49)39-25(31(37)47)17-22-10-6-4-7-11-22)40-35(51)28(19-30(45)46)42-34(50)27(18-23-12-8-5-9-13-23)41-32(48)24(38-21(3)43)14-15-29(36)44/h4,6-7,10-11,20,23-28H,5,8-9,12-19H2,1-3H3,(H2,36,44)(H2,37,47)(H,38,43)(H,39,49)(H,40,51)(H,41,48)(H,42,50)(H,45,46)/t24-,25-,26-,27-,28-/m0/s1. The van der Waals surface area contributed by atoms with Crippen molar-refractivity contribution in [2.75, 3.05) is 0 Å². The van der Waals surface area contributed by atoms with Crippen LogP contribution in [0.15, 0.2) is 30.3 Å². The van der Waals surface area contributed by atoms with Gasteiger partial charge in [0, 0.05) is 19.8 Å². The highest BCUT2D eigenvalue weighted by Crippen LogP contribution is 2.27. The molecule has 0 aromatic heterocycles. The van der Waals surface area contributed by atoms with E-state index < -0.39 is 83.9 Å². The van der Waals surface area contributed by atoms with E-state index in [4.69, 9.17) is 11.5 Å². The highest BCUT2D eigenvalue weighted by Gasteiger charge is 2.34. The van der Waals surface area contributed by atoms with Gasteiger partial charge in [0.25, 0.3) is 0 Å². The Morgan fingerprint density at radius 1 is 0.725 bits per heavy atom. The Hall–Kier alpha value is -5.02. The second kappa shape index (κ2) is 21.3. The predicted octanol–water partition coefficient (Wildman–Crippen LogP) is -0.0850. The summed E-state index contributed by atoms with van der Waals surface area (Å²) < 4.78 is 0. The molecule has 0 spiro atoms. The third-order valence-corrected chi connectivity index (χ3v) is 8.59. The van der Waals surface area contributed by atoms with Crippen LogP contribution in [0.25, 0.3) is 0 Å². The number of carbonyl (C=O) groups excluding carboxylic acids is 7. The first-order valence-electron chi connectivity index (χ1n) is 17.4. The zero-order valence-electron chi connectivity index (χ0n) is 29.6. The van der Waals surface area contributed by atoms with E-state index in [1.54, 1.807) is 44.2 Å². The highest BCUT2D eigenvalue weighted by atomic mass is 16.4. The van der Waals surface area contributed by atoms with Crippen LogP contribution in [0.2, 0.25) is 0 Å². The number of benzene rings is 1. The SMILES string of the molecule is CC(=O)N[C@@H](CCC(N)=O)C(=O)N[C@@H](CC1CCCCC1)C(=O)N[C@@H](CC(=O)O)C(=O)N[C@@H](CC(C)C)C(=O)N[C@@H](Cc1ccccc1)C(N)=O. The minimum absolute atomic E-state index is 0.0413. The fraction of sp³-hybridized carbons (Fsp3) is 0.600. The Kier molecular flexibility index (Phi) is 17.6. The first-order valence-corrected chi connectivity index (χ1v) is 17.4. The lowest BCUT2D eigenvalue weighted by Crippen LogP contribution is -2.59. The average molecular weight is 716 g/mol. The molecule has 0 bridgehead atoms. The van der Waals surface area contributed by atoms with Gasteiger partial charge in [-0.3, -0.25) is 38.4 Å². The van der Waals surface area contributed by atoms with Crippen LogP contribution >= 0.6 is 0 Å². The number of carboxylic acids is 1. The van der Waals surface area contributed by atoms with Crippen molar-refractivity contribution in [3.05, 3.63) is 35.9 Å². The van der Waals surface area contributed by atoms with Crippen molar-refractivity contribution in [1.29, 1.82) is 0 Å². The summed E-state index contributed by atoms with van der Waals surface area (Å²) in [4.78, 5) is 101. The van der Waals surface area contributed by atoms with Gasteiger partial charge in [-0.2, -0.15) is 0 Å². The van der Waals surface area contributed by atoms with Gasteiger partial charge in [0.1, 0.15) is 30.2 Å². The zero-order valence-corrected chi connectivity index (χ0v) is 29.6. The summed E-state index contributed by atoms with van der Waals surface area (Å²) in [6.45, 7) is 4.79. The molecule has 1 aromatic carbocycles. The Labute approximate surface area is 298 Å². The van der Waals surface area contributed by atoms with Gasteiger partial charge in [-0.25, -0.2) is 0 Å². The second-order valence-electron chi connectivity index (χ2n) is 13.6. The lowest BCUT2D eigenvalue weighted by atomic mass is 9.84. The summed E-state index contributed by atoms with van der Waals surface area (Å²) in [6.07, 6.45) is 3.65. The van der Waals surface area contributed by atoms with Gasteiger partial charge < -0.3 is 43.2 Å². The van der Waals surface area contributed by atoms with Crippen LogP contribution in [0.5, 0.6) is 0 Å². The second-order valence-corrected chi connectivity index (χ2v) is 13.6. The zero-order chi connectivity index (χ0) is 38.1. The maximum atomic E-state index is 13.8. The summed E-state index contributed by atoms with van der Waals surface area (Å²) in [5.41, 5.74) is 11.5. The van der Waals surface area contributed by atoms with Crippen molar-refractivity contribution in [2.45, 2.75) is 122 Å². The molecule has 1 aliphatic rings. The van der Waals surface area contributed by atoms with Crippen molar-refractivity contribution in [3.63, 3.8) is 0 Å². The van der Waals surface area contributed by atoms with E-state index in [0.717, 1.165) is 37.7 Å². The maximum Gasteiger partial charge on any atom is 0.305 e. The fourth-order valence-electron chi connectivity index (χ4n) is 6.04. The molecule has 0 heterocycles. The first kappa shape index (κ1) is 42.1. The predicted molar refractivity (Wildman–Crippen MR) is 186 cm³/mol. The van der Waals surface area contributed by atoms with E-state index in [1.165, 1.54) is 6.92 Å². The van der Waals surface area contributed by atoms with E-state index in [9.17, 15) is 43.5 Å². The van der Waals surface area contributed by atoms with Gasteiger partial charge >= 0.3 is 5.97 Å². The largest absolute Gasteiger partial charge is 0.481 e. The van der Waals surface area contributed by atoms with Crippen LogP contribution < -0.4 is 38.1 Å². The Balaban J connectivity index is 2.29. The molecular weight excluding hydrogens is 662 g/mol. The number of carbonyl (C=O) groups is 8. The third-order valence-electron chi connectivity index (χ3n) is 8.59. The summed E-state index contributed by atoms with van der Waals surface area (Å²) in [5.74, 6) is -6.82. The van der Waals surface area contributed by atoms with Gasteiger partial charge in [0.2, 0.25) is 41.4 Å². The van der Waals surface area contributed by atoms with Crippen LogP contribution in [0.3, 0.4) is 0 Å². The molecule has 0 saturated heterocycles. The molecule has 7 amide bonds. The van der Waals surface area contributed by atoms with Crippen molar-refractivity contribution in [2.24, 2.45) is 23.3 Å². The van der Waals surface area contributed by atoms with Crippen LogP contribution in [-0.4, -0.2) is 82.6 Å². The molecule has 1 aliphatic carbocycles. The number of nitrogens with one attached hydrogen (secondary N) is 5. The smallest absolute Gasteiger partial charge is 0.305 e. The molecule has 16 heteroatoms. The van der Waals surface area contributed by atoms with Crippen LogP contribution in [0, 0.1) is 11.8 Å². The number of primary amides is 2. The van der Waals surface area contributed by atoms with E-state index in [1.807, 2.05) is 0 Å². The van der Waals surface area contributed by atoms with Crippen molar-refractivity contribution >= 4 is 47.3 Å². The first-order chi connectivity index (χ1) is 24.0. The number of carboxylic acid groups (broad SMARTS) is 1. The van der Waals surface area contributed by atoms with Crippen molar-refractivity contribution in [1.82, 2.24) is 26.6 Å². The molecule has 0 radical (unpaired) electrons. The maximum absolute atomic E-state index is 13.8. The third kappa shape index (κ3) is 16.0. The average Bonchev–Trinajstić information content (AvgIpc) is 3.05. The molecule has 0 aliphatic heterocycles. The number of nitrogens with two attached hydrogens (primary N) is 2. The summed E-state index contributed by atoms with van der Waals surface area (Å²) >= 11 is 0.